The molecule has 1 saturated heterocycles. The highest BCUT2D eigenvalue weighted by molar-refractivity contribution is 7.88. The van der Waals surface area contributed by atoms with E-state index in [1.165, 1.54) is 12.6 Å². The van der Waals surface area contributed by atoms with Crippen LogP contribution < -0.4 is 0 Å². The Hall–Kier alpha value is -1.40. The second-order valence-corrected chi connectivity index (χ2v) is 8.25. The summed E-state index contributed by atoms with van der Waals surface area (Å²) >= 11 is 0. The summed E-state index contributed by atoms with van der Waals surface area (Å²) in [7, 11) is -1.90. The summed E-state index contributed by atoms with van der Waals surface area (Å²) in [5, 5.41) is 0. The van der Waals surface area contributed by atoms with E-state index in [0.29, 0.717) is 5.92 Å². The first-order chi connectivity index (χ1) is 10.2. The lowest BCUT2D eigenvalue weighted by Crippen LogP contribution is -2.45. The van der Waals surface area contributed by atoms with Crippen molar-refractivity contribution in [3.8, 4) is 0 Å². The van der Waals surface area contributed by atoms with Gasteiger partial charge in [0.25, 0.3) is 0 Å². The number of benzene rings is 1. The molecule has 1 aliphatic heterocycles. The van der Waals surface area contributed by atoms with Gasteiger partial charge in [0.2, 0.25) is 15.9 Å². The van der Waals surface area contributed by atoms with E-state index in [1.807, 2.05) is 36.9 Å². The van der Waals surface area contributed by atoms with Crippen LogP contribution in [0.15, 0.2) is 30.3 Å². The zero-order valence-corrected chi connectivity index (χ0v) is 14.4. The highest BCUT2D eigenvalue weighted by atomic mass is 32.2. The number of nitrogens with zero attached hydrogens (tertiary/aromatic N) is 2. The van der Waals surface area contributed by atoms with Crippen molar-refractivity contribution in [2.24, 2.45) is 0 Å². The van der Waals surface area contributed by atoms with Crippen molar-refractivity contribution in [2.75, 3.05) is 19.8 Å². The van der Waals surface area contributed by atoms with Crippen LogP contribution in [0.2, 0.25) is 0 Å². The standard InChI is InChI=1S/C16H24N2O3S/c1-12-10-15(14-8-6-5-7-9-14)13(2)18(12)16(19)11-17(3)22(4,20)21/h5-9,12-13,15H,10-11H2,1-4H3/t12-,13-,15-/m1/s1. The Morgan fingerprint density at radius 3 is 2.41 bits per heavy atom. The predicted octanol–water partition coefficient (Wildman–Crippen LogP) is 1.67. The Morgan fingerprint density at radius 1 is 1.27 bits per heavy atom. The quantitative estimate of drug-likeness (QED) is 0.846. The first-order valence-electron chi connectivity index (χ1n) is 7.49. The molecule has 2 rings (SSSR count). The predicted molar refractivity (Wildman–Crippen MR) is 87.0 cm³/mol. The van der Waals surface area contributed by atoms with Crippen molar-refractivity contribution >= 4 is 15.9 Å². The summed E-state index contributed by atoms with van der Waals surface area (Å²) in [6.45, 7) is 3.96. The smallest absolute Gasteiger partial charge is 0.238 e. The molecule has 0 aliphatic carbocycles. The Balaban J connectivity index is 2.14. The minimum absolute atomic E-state index is 0.0675. The molecule has 5 nitrogen and oxygen atoms in total. The van der Waals surface area contributed by atoms with Gasteiger partial charge in [-0.25, -0.2) is 8.42 Å². The molecule has 1 amide bonds. The van der Waals surface area contributed by atoms with Crippen molar-refractivity contribution in [3.63, 3.8) is 0 Å². The van der Waals surface area contributed by atoms with E-state index < -0.39 is 10.0 Å². The molecule has 1 fully saturated rings. The fourth-order valence-corrected chi connectivity index (χ4v) is 3.60. The molecule has 1 aliphatic rings. The van der Waals surface area contributed by atoms with Gasteiger partial charge in [0, 0.05) is 25.0 Å². The lowest BCUT2D eigenvalue weighted by molar-refractivity contribution is -0.133. The lowest BCUT2D eigenvalue weighted by Gasteiger charge is -2.29. The number of amides is 1. The fraction of sp³-hybridized carbons (Fsp3) is 0.562. The number of carbonyl (C=O) groups is 1. The monoisotopic (exact) mass is 324 g/mol. The first kappa shape index (κ1) is 17.0. The summed E-state index contributed by atoms with van der Waals surface area (Å²) in [4.78, 5) is 14.4. The molecule has 0 spiro atoms. The summed E-state index contributed by atoms with van der Waals surface area (Å²) in [6, 6.07) is 10.4. The van der Waals surface area contributed by atoms with Crippen molar-refractivity contribution in [1.82, 2.24) is 9.21 Å². The molecular formula is C16H24N2O3S. The van der Waals surface area contributed by atoms with E-state index in [4.69, 9.17) is 0 Å². The molecule has 22 heavy (non-hydrogen) atoms. The van der Waals surface area contributed by atoms with E-state index >= 15 is 0 Å². The fourth-order valence-electron chi connectivity index (χ4n) is 3.25. The molecule has 122 valence electrons. The largest absolute Gasteiger partial charge is 0.336 e. The maximum absolute atomic E-state index is 12.5. The average molecular weight is 324 g/mol. The Kier molecular flexibility index (Phi) is 4.92. The van der Waals surface area contributed by atoms with Gasteiger partial charge in [-0.2, -0.15) is 4.31 Å². The molecule has 0 unspecified atom stereocenters. The highest BCUT2D eigenvalue weighted by Crippen LogP contribution is 2.37. The number of likely N-dealkylation sites (N-methyl/N-ethyl adjacent to an activating group) is 1. The molecule has 0 N–H and O–H groups in total. The van der Waals surface area contributed by atoms with Gasteiger partial charge in [-0.15, -0.1) is 0 Å². The van der Waals surface area contributed by atoms with Crippen LogP contribution in [-0.4, -0.2) is 55.5 Å². The van der Waals surface area contributed by atoms with Crippen molar-refractivity contribution < 1.29 is 13.2 Å². The van der Waals surface area contributed by atoms with Crippen LogP contribution >= 0.6 is 0 Å². The Morgan fingerprint density at radius 2 is 1.86 bits per heavy atom. The maximum Gasteiger partial charge on any atom is 0.238 e. The van der Waals surface area contributed by atoms with Crippen LogP contribution in [0, 0.1) is 0 Å². The van der Waals surface area contributed by atoms with E-state index in [9.17, 15) is 13.2 Å². The van der Waals surface area contributed by atoms with Crippen molar-refractivity contribution in [2.45, 2.75) is 38.3 Å². The number of sulfonamides is 1. The highest BCUT2D eigenvalue weighted by Gasteiger charge is 2.40. The third-order valence-electron chi connectivity index (χ3n) is 4.53. The number of hydrogen-bond acceptors (Lipinski definition) is 3. The van der Waals surface area contributed by atoms with E-state index in [1.54, 1.807) is 0 Å². The van der Waals surface area contributed by atoms with Crippen molar-refractivity contribution in [1.29, 1.82) is 0 Å². The summed E-state index contributed by atoms with van der Waals surface area (Å²) in [5.74, 6) is 0.162. The average Bonchev–Trinajstić information content (AvgIpc) is 2.74. The molecule has 0 radical (unpaired) electrons. The van der Waals surface area contributed by atoms with Gasteiger partial charge in [0.1, 0.15) is 0 Å². The van der Waals surface area contributed by atoms with Crippen LogP contribution in [0.25, 0.3) is 0 Å². The van der Waals surface area contributed by atoms with E-state index in [0.717, 1.165) is 17.0 Å². The molecule has 6 heteroatoms. The van der Waals surface area contributed by atoms with Gasteiger partial charge in [-0.3, -0.25) is 4.79 Å². The van der Waals surface area contributed by atoms with E-state index in [2.05, 4.69) is 12.1 Å². The summed E-state index contributed by atoms with van der Waals surface area (Å²) < 4.78 is 24.1. The Bertz CT molecular complexity index is 630. The minimum Gasteiger partial charge on any atom is -0.336 e. The van der Waals surface area contributed by atoms with Crippen LogP contribution in [0.3, 0.4) is 0 Å². The zero-order chi connectivity index (χ0) is 16.5. The normalized spacial score (nSPS) is 25.7. The summed E-state index contributed by atoms with van der Waals surface area (Å²) in [6.07, 6.45) is 2.02. The molecule has 1 aromatic carbocycles. The van der Waals surface area contributed by atoms with Gasteiger partial charge in [-0.1, -0.05) is 30.3 Å². The second-order valence-electron chi connectivity index (χ2n) is 6.16. The lowest BCUT2D eigenvalue weighted by atomic mass is 9.92. The number of rotatable bonds is 4. The molecule has 0 aromatic heterocycles. The van der Waals surface area contributed by atoms with E-state index in [-0.39, 0.29) is 24.5 Å². The third-order valence-corrected chi connectivity index (χ3v) is 5.79. The minimum atomic E-state index is -3.34. The second kappa shape index (κ2) is 6.38. The molecule has 1 aromatic rings. The van der Waals surface area contributed by atoms with Gasteiger partial charge in [0.05, 0.1) is 12.8 Å². The molecular weight excluding hydrogens is 300 g/mol. The topological polar surface area (TPSA) is 57.7 Å². The molecule has 0 saturated carbocycles. The van der Waals surface area contributed by atoms with Gasteiger partial charge < -0.3 is 4.90 Å². The number of hydrogen-bond donors (Lipinski definition) is 0. The summed E-state index contributed by atoms with van der Waals surface area (Å²) in [5.41, 5.74) is 1.23. The molecule has 0 bridgehead atoms. The zero-order valence-electron chi connectivity index (χ0n) is 13.6. The Labute approximate surface area is 133 Å². The van der Waals surface area contributed by atoms with Crippen molar-refractivity contribution in [3.05, 3.63) is 35.9 Å². The van der Waals surface area contributed by atoms with Gasteiger partial charge in [-0.05, 0) is 25.8 Å². The number of carbonyl (C=O) groups excluding carboxylic acids is 1. The molecule has 3 atom stereocenters. The van der Waals surface area contributed by atoms with Crippen LogP contribution in [-0.2, 0) is 14.8 Å². The first-order valence-corrected chi connectivity index (χ1v) is 9.34. The van der Waals surface area contributed by atoms with Crippen LogP contribution in [0.4, 0.5) is 0 Å². The molecule has 1 heterocycles. The van der Waals surface area contributed by atoms with Gasteiger partial charge in [0.15, 0.2) is 0 Å². The maximum atomic E-state index is 12.5. The number of likely N-dealkylation sites (tertiary alicyclic amines) is 1. The van der Waals surface area contributed by atoms with Crippen LogP contribution in [0.5, 0.6) is 0 Å². The van der Waals surface area contributed by atoms with Crippen LogP contribution in [0.1, 0.15) is 31.7 Å². The third kappa shape index (κ3) is 3.50. The SMILES string of the molecule is C[C@@H]1C[C@@H](c2ccccc2)[C@@H](C)N1C(=O)CN(C)S(C)(=O)=O. The van der Waals surface area contributed by atoms with Gasteiger partial charge >= 0.3 is 0 Å².